The van der Waals surface area contributed by atoms with Crippen LogP contribution in [0.1, 0.15) is 36.1 Å². The molecule has 0 aliphatic rings. The molecule has 2 rings (SSSR count). The smallest absolute Gasteiger partial charge is 0.305 e. The minimum atomic E-state index is -0.897. The number of hydrogen-bond donors (Lipinski definition) is 4. The number of carboxylic acid groups (broad SMARTS) is 1. The summed E-state index contributed by atoms with van der Waals surface area (Å²) in [6, 6.07) is 6.70. The van der Waals surface area contributed by atoms with Crippen molar-refractivity contribution in [3.63, 3.8) is 0 Å². The molecule has 0 saturated carbocycles. The van der Waals surface area contributed by atoms with Gasteiger partial charge in [0, 0.05) is 43.5 Å². The molecule has 0 aliphatic heterocycles. The molecule has 0 bridgehead atoms. The second-order valence-electron chi connectivity index (χ2n) is 4.90. The summed E-state index contributed by atoms with van der Waals surface area (Å²) < 4.78 is 0. The van der Waals surface area contributed by atoms with Crippen molar-refractivity contribution in [2.75, 3.05) is 6.61 Å². The molecule has 7 nitrogen and oxygen atoms in total. The van der Waals surface area contributed by atoms with Crippen molar-refractivity contribution in [3.05, 3.63) is 60.2 Å². The van der Waals surface area contributed by atoms with Gasteiger partial charge in [-0.1, -0.05) is 12.1 Å². The number of nitrogens with zero attached hydrogens (tertiary/aromatic N) is 2. The van der Waals surface area contributed by atoms with E-state index < -0.39 is 12.0 Å². The molecule has 2 unspecified atom stereocenters. The molecule has 0 amide bonds. The number of carboxylic acids is 1. The average Bonchev–Trinajstić information content (AvgIpc) is 2.57. The Bertz CT molecular complexity index is 566. The van der Waals surface area contributed by atoms with Gasteiger partial charge in [-0.3, -0.25) is 14.8 Å². The highest BCUT2D eigenvalue weighted by molar-refractivity contribution is 5.67. The number of aromatic nitrogens is 2. The molecule has 0 aromatic carbocycles. The maximum atomic E-state index is 10.3. The summed E-state index contributed by atoms with van der Waals surface area (Å²) in [4.78, 5) is 18.0. The van der Waals surface area contributed by atoms with Crippen molar-refractivity contribution in [3.8, 4) is 0 Å². The predicted molar refractivity (Wildman–Crippen MR) is 86.3 cm³/mol. The summed E-state index contributed by atoms with van der Waals surface area (Å²) in [5, 5.41) is 17.0. The highest BCUT2D eigenvalue weighted by Crippen LogP contribution is 2.11. The third-order valence-corrected chi connectivity index (χ3v) is 3.06. The van der Waals surface area contributed by atoms with Gasteiger partial charge in [0.25, 0.3) is 0 Å². The minimum absolute atomic E-state index is 0.0638. The van der Waals surface area contributed by atoms with E-state index in [9.17, 15) is 4.79 Å². The lowest BCUT2D eigenvalue weighted by Crippen LogP contribution is -2.14. The van der Waals surface area contributed by atoms with Crippen molar-refractivity contribution in [1.29, 1.82) is 0 Å². The van der Waals surface area contributed by atoms with Gasteiger partial charge in [0.15, 0.2) is 0 Å². The fraction of sp³-hybridized carbons (Fsp3) is 0.312. The molecular weight excluding hydrogens is 296 g/mol. The van der Waals surface area contributed by atoms with Gasteiger partial charge in [-0.05, 0) is 29.7 Å². The molecule has 0 radical (unpaired) electrons. The van der Waals surface area contributed by atoms with E-state index in [-0.39, 0.29) is 19.1 Å². The zero-order valence-corrected chi connectivity index (χ0v) is 12.7. The molecule has 0 aliphatic carbocycles. The molecule has 23 heavy (non-hydrogen) atoms. The topological polar surface area (TPSA) is 135 Å². The van der Waals surface area contributed by atoms with E-state index in [0.717, 1.165) is 11.1 Å². The molecular formula is C16H22N4O3. The number of aliphatic hydroxyl groups excluding tert-OH is 1. The van der Waals surface area contributed by atoms with Crippen molar-refractivity contribution < 1.29 is 15.0 Å². The van der Waals surface area contributed by atoms with Crippen LogP contribution in [0.4, 0.5) is 0 Å². The molecule has 2 aromatic rings. The predicted octanol–water partition coefficient (Wildman–Crippen LogP) is 1.02. The van der Waals surface area contributed by atoms with Gasteiger partial charge in [-0.15, -0.1) is 0 Å². The molecule has 2 heterocycles. The third-order valence-electron chi connectivity index (χ3n) is 3.06. The largest absolute Gasteiger partial charge is 0.481 e. The van der Waals surface area contributed by atoms with Crippen LogP contribution in [-0.4, -0.2) is 32.8 Å². The van der Waals surface area contributed by atoms with Crippen LogP contribution in [-0.2, 0) is 4.79 Å². The van der Waals surface area contributed by atoms with Crippen LogP contribution >= 0.6 is 0 Å². The second kappa shape index (κ2) is 10.4. The summed E-state index contributed by atoms with van der Waals surface area (Å²) in [6.07, 6.45) is 7.15. The summed E-state index contributed by atoms with van der Waals surface area (Å²) in [7, 11) is 0. The van der Waals surface area contributed by atoms with Gasteiger partial charge in [-0.25, -0.2) is 0 Å². The van der Waals surface area contributed by atoms with E-state index >= 15 is 0 Å². The fourth-order valence-corrected chi connectivity index (χ4v) is 1.80. The Morgan fingerprint density at radius 1 is 1.04 bits per heavy atom. The summed E-state index contributed by atoms with van der Waals surface area (Å²) in [5.74, 6) is -0.897. The van der Waals surface area contributed by atoms with Crippen LogP contribution in [0.2, 0.25) is 0 Å². The standard InChI is InChI=1S/C8H10N2O2.C8H12N2O/c9-7(4-8(11)12)6-2-1-3-10-5-6;9-8(3-5-11)7-2-1-4-10-6-7/h1-3,5,7H,4,9H2,(H,11,12);1-2,4,6,8,11H,3,5,9H2. The van der Waals surface area contributed by atoms with E-state index in [2.05, 4.69) is 9.97 Å². The molecule has 0 saturated heterocycles. The summed E-state index contributed by atoms with van der Waals surface area (Å²) >= 11 is 0. The Balaban J connectivity index is 0.000000231. The summed E-state index contributed by atoms with van der Waals surface area (Å²) in [5.41, 5.74) is 13.0. The van der Waals surface area contributed by atoms with Crippen molar-refractivity contribution in [2.45, 2.75) is 24.9 Å². The Kier molecular flexibility index (Phi) is 8.45. The van der Waals surface area contributed by atoms with Crippen LogP contribution < -0.4 is 11.5 Å². The first kappa shape index (κ1) is 18.7. The molecule has 2 atom stereocenters. The SMILES string of the molecule is NC(CC(=O)O)c1cccnc1.NC(CCO)c1cccnc1. The maximum Gasteiger partial charge on any atom is 0.305 e. The van der Waals surface area contributed by atoms with E-state index in [4.69, 9.17) is 21.7 Å². The van der Waals surface area contributed by atoms with E-state index in [0.29, 0.717) is 6.42 Å². The number of aliphatic hydroxyl groups is 1. The number of rotatable bonds is 6. The maximum absolute atomic E-state index is 10.3. The monoisotopic (exact) mass is 318 g/mol. The summed E-state index contributed by atoms with van der Waals surface area (Å²) in [6.45, 7) is 0.121. The van der Waals surface area contributed by atoms with Crippen LogP contribution in [0.3, 0.4) is 0 Å². The Morgan fingerprint density at radius 2 is 1.57 bits per heavy atom. The van der Waals surface area contributed by atoms with Gasteiger partial charge in [-0.2, -0.15) is 0 Å². The van der Waals surface area contributed by atoms with Crippen LogP contribution in [0.15, 0.2) is 49.1 Å². The van der Waals surface area contributed by atoms with Crippen LogP contribution in [0, 0.1) is 0 Å². The van der Waals surface area contributed by atoms with Gasteiger partial charge in [0.05, 0.1) is 6.42 Å². The van der Waals surface area contributed by atoms with Crippen LogP contribution in [0.5, 0.6) is 0 Å². The quantitative estimate of drug-likeness (QED) is 0.624. The first-order valence-corrected chi connectivity index (χ1v) is 7.18. The third kappa shape index (κ3) is 7.46. The second-order valence-corrected chi connectivity index (χ2v) is 4.90. The Labute approximate surface area is 135 Å². The van der Waals surface area contributed by atoms with E-state index in [1.54, 1.807) is 36.9 Å². The lowest BCUT2D eigenvalue weighted by atomic mass is 10.1. The average molecular weight is 318 g/mol. The number of nitrogens with two attached hydrogens (primary N) is 2. The fourth-order valence-electron chi connectivity index (χ4n) is 1.80. The Morgan fingerprint density at radius 3 is 1.96 bits per heavy atom. The lowest BCUT2D eigenvalue weighted by molar-refractivity contribution is -0.137. The zero-order valence-electron chi connectivity index (χ0n) is 12.7. The number of aliphatic carboxylic acids is 1. The van der Waals surface area contributed by atoms with Gasteiger partial charge < -0.3 is 21.7 Å². The van der Waals surface area contributed by atoms with Crippen molar-refractivity contribution >= 4 is 5.97 Å². The number of hydrogen-bond acceptors (Lipinski definition) is 6. The molecule has 0 spiro atoms. The van der Waals surface area contributed by atoms with Gasteiger partial charge in [0.1, 0.15) is 0 Å². The molecule has 7 heteroatoms. The lowest BCUT2D eigenvalue weighted by Gasteiger charge is -2.08. The van der Waals surface area contributed by atoms with Crippen molar-refractivity contribution in [2.24, 2.45) is 11.5 Å². The first-order valence-electron chi connectivity index (χ1n) is 7.18. The van der Waals surface area contributed by atoms with Crippen LogP contribution in [0.25, 0.3) is 0 Å². The molecule has 124 valence electrons. The van der Waals surface area contributed by atoms with Crippen molar-refractivity contribution in [1.82, 2.24) is 9.97 Å². The van der Waals surface area contributed by atoms with E-state index in [1.807, 2.05) is 12.1 Å². The van der Waals surface area contributed by atoms with E-state index in [1.165, 1.54) is 0 Å². The highest BCUT2D eigenvalue weighted by atomic mass is 16.4. The normalized spacial score (nSPS) is 12.7. The molecule has 0 fully saturated rings. The van der Waals surface area contributed by atoms with Gasteiger partial charge in [0.2, 0.25) is 0 Å². The first-order chi connectivity index (χ1) is 11.0. The van der Waals surface area contributed by atoms with Gasteiger partial charge >= 0.3 is 5.97 Å². The molecule has 6 N–H and O–H groups in total. The number of pyridine rings is 2. The zero-order chi connectivity index (χ0) is 17.1. The molecule has 2 aromatic heterocycles. The minimum Gasteiger partial charge on any atom is -0.481 e. The highest BCUT2D eigenvalue weighted by Gasteiger charge is 2.09. The number of carbonyl (C=O) groups is 1. The Hall–Kier alpha value is -2.35.